The van der Waals surface area contributed by atoms with Crippen LogP contribution >= 0.6 is 0 Å². The van der Waals surface area contributed by atoms with E-state index in [1.165, 1.54) is 31.3 Å². The molecular weight excluding hydrogens is 288 g/mol. The molecule has 1 heterocycles. The number of nitrogens with zero attached hydrogens (tertiary/aromatic N) is 2. The van der Waals surface area contributed by atoms with Gasteiger partial charge >= 0.3 is 5.97 Å². The van der Waals surface area contributed by atoms with Crippen LogP contribution < -0.4 is 9.47 Å². The van der Waals surface area contributed by atoms with E-state index in [-0.39, 0.29) is 18.0 Å². The van der Waals surface area contributed by atoms with Gasteiger partial charge in [0.25, 0.3) is 0 Å². The zero-order chi connectivity index (χ0) is 16.1. The Labute approximate surface area is 127 Å². The maximum Gasteiger partial charge on any atom is 0.341 e. The van der Waals surface area contributed by atoms with Gasteiger partial charge in [-0.2, -0.15) is 5.10 Å². The summed E-state index contributed by atoms with van der Waals surface area (Å²) < 4.78 is 16.7. The van der Waals surface area contributed by atoms with Gasteiger partial charge in [0.05, 0.1) is 31.5 Å². The van der Waals surface area contributed by atoms with Crippen LogP contribution in [0, 0.1) is 0 Å². The number of esters is 1. The Morgan fingerprint density at radius 1 is 1.23 bits per heavy atom. The third kappa shape index (κ3) is 3.43. The molecule has 0 amide bonds. The minimum Gasteiger partial charge on any atom is -0.497 e. The van der Waals surface area contributed by atoms with E-state index >= 15 is 0 Å². The predicted octanol–water partition coefficient (Wildman–Crippen LogP) is 1.48. The fourth-order valence-corrected chi connectivity index (χ4v) is 1.85. The number of hydrogen-bond donors (Lipinski definition) is 0. The summed E-state index contributed by atoms with van der Waals surface area (Å²) in [4.78, 5) is 23.9. The highest BCUT2D eigenvalue weighted by Crippen LogP contribution is 2.25. The monoisotopic (exact) mass is 304 g/mol. The van der Waals surface area contributed by atoms with E-state index in [1.807, 2.05) is 0 Å². The van der Waals surface area contributed by atoms with E-state index in [2.05, 4.69) is 5.10 Å². The lowest BCUT2D eigenvalue weighted by Crippen LogP contribution is -2.14. The summed E-state index contributed by atoms with van der Waals surface area (Å²) in [5, 5.41) is 3.87. The summed E-state index contributed by atoms with van der Waals surface area (Å²) in [5.74, 6) is -0.0341. The SMILES string of the molecule is COc1ccc(C(=O)COC(=O)c2cnn(C)c2)c(OC)c1. The fraction of sp³-hybridized carbons (Fsp3) is 0.267. The normalized spacial score (nSPS) is 10.1. The van der Waals surface area contributed by atoms with E-state index in [0.29, 0.717) is 17.1 Å². The first-order valence-corrected chi connectivity index (χ1v) is 6.46. The number of aromatic nitrogens is 2. The second kappa shape index (κ2) is 6.75. The molecule has 0 fully saturated rings. The average molecular weight is 304 g/mol. The molecule has 116 valence electrons. The number of benzene rings is 1. The summed E-state index contributed by atoms with van der Waals surface area (Å²) in [6.07, 6.45) is 2.89. The van der Waals surface area contributed by atoms with E-state index in [9.17, 15) is 9.59 Å². The Balaban J connectivity index is 2.04. The highest BCUT2D eigenvalue weighted by Gasteiger charge is 2.17. The van der Waals surface area contributed by atoms with Crippen LogP contribution in [0.1, 0.15) is 20.7 Å². The summed E-state index contributed by atoms with van der Waals surface area (Å²) in [7, 11) is 4.66. The number of Topliss-reactive ketones (excluding diaryl/α,β-unsaturated/α-hetero) is 1. The second-order valence-corrected chi connectivity index (χ2v) is 4.47. The average Bonchev–Trinajstić information content (AvgIpc) is 2.98. The van der Waals surface area contributed by atoms with Crippen molar-refractivity contribution in [1.29, 1.82) is 0 Å². The Morgan fingerprint density at radius 2 is 2.00 bits per heavy atom. The van der Waals surface area contributed by atoms with E-state index in [0.717, 1.165) is 0 Å². The lowest BCUT2D eigenvalue weighted by Gasteiger charge is -2.09. The van der Waals surface area contributed by atoms with E-state index in [4.69, 9.17) is 14.2 Å². The van der Waals surface area contributed by atoms with Crippen molar-refractivity contribution in [2.75, 3.05) is 20.8 Å². The van der Waals surface area contributed by atoms with E-state index in [1.54, 1.807) is 25.2 Å². The Hall–Kier alpha value is -2.83. The second-order valence-electron chi connectivity index (χ2n) is 4.47. The molecular formula is C15H16N2O5. The summed E-state index contributed by atoms with van der Waals surface area (Å²) in [6, 6.07) is 4.80. The van der Waals surface area contributed by atoms with Crippen molar-refractivity contribution in [3.63, 3.8) is 0 Å². The molecule has 0 spiro atoms. The first kappa shape index (κ1) is 15.6. The van der Waals surface area contributed by atoms with Crippen molar-refractivity contribution < 1.29 is 23.8 Å². The lowest BCUT2D eigenvalue weighted by molar-refractivity contribution is 0.0474. The predicted molar refractivity (Wildman–Crippen MR) is 77.4 cm³/mol. The van der Waals surface area contributed by atoms with Crippen molar-refractivity contribution in [2.24, 2.45) is 7.05 Å². The first-order chi connectivity index (χ1) is 10.5. The number of hydrogen-bond acceptors (Lipinski definition) is 6. The van der Waals surface area contributed by atoms with Gasteiger partial charge < -0.3 is 14.2 Å². The molecule has 0 bridgehead atoms. The van der Waals surface area contributed by atoms with Crippen LogP contribution in [0.2, 0.25) is 0 Å². The van der Waals surface area contributed by atoms with Crippen LogP contribution in [0.15, 0.2) is 30.6 Å². The molecule has 22 heavy (non-hydrogen) atoms. The molecule has 1 aromatic carbocycles. The van der Waals surface area contributed by atoms with Crippen molar-refractivity contribution in [3.8, 4) is 11.5 Å². The number of aryl methyl sites for hydroxylation is 1. The fourth-order valence-electron chi connectivity index (χ4n) is 1.85. The number of carbonyl (C=O) groups is 2. The number of ketones is 1. The molecule has 2 rings (SSSR count). The van der Waals surface area contributed by atoms with Gasteiger partial charge in [-0.25, -0.2) is 4.79 Å². The van der Waals surface area contributed by atoms with Gasteiger partial charge in [-0.1, -0.05) is 0 Å². The zero-order valence-corrected chi connectivity index (χ0v) is 12.5. The van der Waals surface area contributed by atoms with Crippen molar-refractivity contribution in [1.82, 2.24) is 9.78 Å². The van der Waals surface area contributed by atoms with Crippen molar-refractivity contribution in [3.05, 3.63) is 41.7 Å². The standard InChI is InChI=1S/C15H16N2O5/c1-17-8-10(7-16-17)15(19)22-9-13(18)12-5-4-11(20-2)6-14(12)21-3/h4-8H,9H2,1-3H3. The van der Waals surface area contributed by atoms with Crippen molar-refractivity contribution >= 4 is 11.8 Å². The van der Waals surface area contributed by atoms with Gasteiger partial charge in [-0.15, -0.1) is 0 Å². The Morgan fingerprint density at radius 3 is 2.59 bits per heavy atom. The molecule has 0 atom stereocenters. The molecule has 0 saturated heterocycles. The van der Waals surface area contributed by atoms with Gasteiger partial charge in [0.2, 0.25) is 5.78 Å². The van der Waals surface area contributed by atoms with Gasteiger partial charge in [-0.3, -0.25) is 9.48 Å². The minimum absolute atomic E-state index is 0.289. The van der Waals surface area contributed by atoms with Crippen LogP contribution in [0.25, 0.3) is 0 Å². The molecule has 0 aliphatic carbocycles. The number of carbonyl (C=O) groups excluding carboxylic acids is 2. The van der Waals surface area contributed by atoms with Gasteiger partial charge in [0, 0.05) is 19.3 Å². The molecule has 0 aliphatic rings. The van der Waals surface area contributed by atoms with Crippen molar-refractivity contribution in [2.45, 2.75) is 0 Å². The summed E-state index contributed by atoms with van der Waals surface area (Å²) in [5.41, 5.74) is 0.610. The minimum atomic E-state index is -0.603. The lowest BCUT2D eigenvalue weighted by atomic mass is 10.1. The van der Waals surface area contributed by atoms with Gasteiger partial charge in [0.15, 0.2) is 6.61 Å². The quantitative estimate of drug-likeness (QED) is 0.594. The maximum absolute atomic E-state index is 12.1. The molecule has 2 aromatic rings. The molecule has 0 radical (unpaired) electrons. The largest absolute Gasteiger partial charge is 0.497 e. The molecule has 7 heteroatoms. The molecule has 0 saturated carbocycles. The highest BCUT2D eigenvalue weighted by molar-refractivity contribution is 6.01. The topological polar surface area (TPSA) is 79.7 Å². The van der Waals surface area contributed by atoms with Gasteiger partial charge in [-0.05, 0) is 12.1 Å². The number of methoxy groups -OCH3 is 2. The smallest absolute Gasteiger partial charge is 0.341 e. The molecule has 0 N–H and O–H groups in total. The Kier molecular flexibility index (Phi) is 4.77. The zero-order valence-electron chi connectivity index (χ0n) is 12.5. The van der Waals surface area contributed by atoms with Crippen LogP contribution in [0.4, 0.5) is 0 Å². The summed E-state index contributed by atoms with van der Waals surface area (Å²) >= 11 is 0. The molecule has 7 nitrogen and oxygen atoms in total. The molecule has 1 aromatic heterocycles. The van der Waals surface area contributed by atoms with Gasteiger partial charge in [0.1, 0.15) is 11.5 Å². The highest BCUT2D eigenvalue weighted by atomic mass is 16.5. The third-order valence-corrected chi connectivity index (χ3v) is 2.98. The van der Waals surface area contributed by atoms with E-state index < -0.39 is 5.97 Å². The number of rotatable bonds is 6. The summed E-state index contributed by atoms with van der Waals surface area (Å²) in [6.45, 7) is -0.379. The van der Waals surface area contributed by atoms with Crippen LogP contribution in [0.5, 0.6) is 11.5 Å². The molecule has 0 unspecified atom stereocenters. The van der Waals surface area contributed by atoms with Crippen LogP contribution in [0.3, 0.4) is 0 Å². The third-order valence-electron chi connectivity index (χ3n) is 2.98. The Bertz CT molecular complexity index is 693. The van der Waals surface area contributed by atoms with Crippen LogP contribution in [-0.2, 0) is 11.8 Å². The number of ether oxygens (including phenoxy) is 3. The molecule has 0 aliphatic heterocycles. The first-order valence-electron chi connectivity index (χ1n) is 6.46. The van der Waals surface area contributed by atoms with Crippen LogP contribution in [-0.4, -0.2) is 42.4 Å². The maximum atomic E-state index is 12.1.